The second-order valence-electron chi connectivity index (χ2n) is 8.92. The van der Waals surface area contributed by atoms with Gasteiger partial charge in [0.05, 0.1) is 22.8 Å². The average Bonchev–Trinajstić information content (AvgIpc) is 3.37. The van der Waals surface area contributed by atoms with Crippen molar-refractivity contribution in [3.63, 3.8) is 0 Å². The van der Waals surface area contributed by atoms with Crippen LogP contribution in [0.15, 0.2) is 66.7 Å². The summed E-state index contributed by atoms with van der Waals surface area (Å²) in [6.07, 6.45) is 3.14. The lowest BCUT2D eigenvalue weighted by atomic mass is 10.1. The molecule has 1 aliphatic heterocycles. The lowest BCUT2D eigenvalue weighted by Gasteiger charge is -2.28. The molecule has 9 heteroatoms. The van der Waals surface area contributed by atoms with E-state index in [1.54, 1.807) is 17.0 Å². The molecule has 0 N–H and O–H groups in total. The van der Waals surface area contributed by atoms with E-state index >= 15 is 0 Å². The fourth-order valence-corrected chi connectivity index (χ4v) is 5.63. The van der Waals surface area contributed by atoms with Gasteiger partial charge in [-0.2, -0.15) is 0 Å². The van der Waals surface area contributed by atoms with Crippen molar-refractivity contribution < 1.29 is 14.5 Å². The van der Waals surface area contributed by atoms with Gasteiger partial charge in [-0.25, -0.2) is 4.98 Å². The minimum atomic E-state index is -0.395. The fraction of sp³-hybridized carbons (Fsp3) is 0.286. The third-order valence-electron chi connectivity index (χ3n) is 6.45. The van der Waals surface area contributed by atoms with E-state index in [0.29, 0.717) is 28.7 Å². The molecule has 2 heterocycles. The van der Waals surface area contributed by atoms with Crippen molar-refractivity contribution in [2.24, 2.45) is 0 Å². The molecule has 190 valence electrons. The van der Waals surface area contributed by atoms with Crippen LogP contribution >= 0.6 is 11.3 Å². The Bertz CT molecular complexity index is 1420. The quantitative estimate of drug-likeness (QED) is 0.198. The summed E-state index contributed by atoms with van der Waals surface area (Å²) >= 11 is 1.40. The van der Waals surface area contributed by atoms with Gasteiger partial charge in [0.25, 0.3) is 11.6 Å². The van der Waals surface area contributed by atoms with Crippen molar-refractivity contribution in [3.05, 3.63) is 88.0 Å². The molecule has 3 aromatic carbocycles. The zero-order valence-corrected chi connectivity index (χ0v) is 21.4. The van der Waals surface area contributed by atoms with Gasteiger partial charge in [-0.1, -0.05) is 47.7 Å². The Morgan fingerprint density at radius 3 is 2.59 bits per heavy atom. The molecule has 0 bridgehead atoms. The van der Waals surface area contributed by atoms with Gasteiger partial charge in [0, 0.05) is 24.7 Å². The molecule has 5 rings (SSSR count). The number of piperidine rings is 1. The molecule has 0 aliphatic carbocycles. The second kappa shape index (κ2) is 11.0. The smallest absolute Gasteiger partial charge is 0.293 e. The molecule has 1 amide bonds. The van der Waals surface area contributed by atoms with Crippen LogP contribution in [0, 0.1) is 10.1 Å². The summed E-state index contributed by atoms with van der Waals surface area (Å²) in [6.45, 7) is 4.26. The standard InChI is InChI=1S/C28H28N4O4S/c1-2-36-24-12-9-13-25-26(24)29-28(37-25)31(19-20-10-5-3-6-11-20)27(33)21-14-15-22(23(18-21)32(34)35)30-16-7-4-8-17-30/h3,5-6,9-15,18H,2,4,7-8,16-17,19H2,1H3. The molecule has 8 nitrogen and oxygen atoms in total. The topological polar surface area (TPSA) is 88.8 Å². The van der Waals surface area contributed by atoms with Crippen LogP contribution in [0.3, 0.4) is 0 Å². The lowest BCUT2D eigenvalue weighted by Crippen LogP contribution is -2.31. The normalized spacial score (nSPS) is 13.5. The van der Waals surface area contributed by atoms with Gasteiger partial charge in [-0.15, -0.1) is 0 Å². The number of anilines is 2. The zero-order valence-electron chi connectivity index (χ0n) is 20.6. The molecule has 0 saturated carbocycles. The summed E-state index contributed by atoms with van der Waals surface area (Å²) in [7, 11) is 0. The summed E-state index contributed by atoms with van der Waals surface area (Å²) in [4.78, 5) is 34.0. The highest BCUT2D eigenvalue weighted by molar-refractivity contribution is 7.22. The molecule has 0 atom stereocenters. The summed E-state index contributed by atoms with van der Waals surface area (Å²) in [5.74, 6) is 0.324. The number of nitro benzene ring substituents is 1. The van der Waals surface area contributed by atoms with Crippen LogP contribution in [0.2, 0.25) is 0 Å². The van der Waals surface area contributed by atoms with E-state index in [-0.39, 0.29) is 23.7 Å². The van der Waals surface area contributed by atoms with E-state index in [2.05, 4.69) is 0 Å². The molecule has 37 heavy (non-hydrogen) atoms. The summed E-state index contributed by atoms with van der Waals surface area (Å²) < 4.78 is 6.65. The van der Waals surface area contributed by atoms with Crippen molar-refractivity contribution in [1.29, 1.82) is 0 Å². The van der Waals surface area contributed by atoms with Gasteiger partial charge in [-0.3, -0.25) is 19.8 Å². The van der Waals surface area contributed by atoms with Crippen molar-refractivity contribution >= 4 is 44.0 Å². The van der Waals surface area contributed by atoms with E-state index < -0.39 is 4.92 Å². The molecule has 0 unspecified atom stereocenters. The maximum Gasteiger partial charge on any atom is 0.293 e. The molecule has 1 aromatic heterocycles. The molecular weight excluding hydrogens is 488 g/mol. The number of thiazole rings is 1. The first-order valence-electron chi connectivity index (χ1n) is 12.5. The maximum absolute atomic E-state index is 13.9. The largest absolute Gasteiger partial charge is 0.492 e. The zero-order chi connectivity index (χ0) is 25.8. The van der Waals surface area contributed by atoms with E-state index in [1.807, 2.05) is 60.4 Å². The maximum atomic E-state index is 13.9. The van der Waals surface area contributed by atoms with Crippen molar-refractivity contribution in [1.82, 2.24) is 4.98 Å². The van der Waals surface area contributed by atoms with Crippen LogP contribution < -0.4 is 14.5 Å². The van der Waals surface area contributed by atoms with Crippen molar-refractivity contribution in [3.8, 4) is 5.75 Å². The number of aromatic nitrogens is 1. The molecular formula is C28H28N4O4S. The Kier molecular flexibility index (Phi) is 7.32. The Balaban J connectivity index is 1.55. The van der Waals surface area contributed by atoms with Gasteiger partial charge < -0.3 is 9.64 Å². The van der Waals surface area contributed by atoms with Crippen molar-refractivity contribution in [2.75, 3.05) is 29.5 Å². The third-order valence-corrected chi connectivity index (χ3v) is 7.49. The molecule has 1 aliphatic rings. The summed E-state index contributed by atoms with van der Waals surface area (Å²) in [6, 6.07) is 20.2. The number of amides is 1. The van der Waals surface area contributed by atoms with Crippen molar-refractivity contribution in [2.45, 2.75) is 32.7 Å². The number of nitrogens with zero attached hydrogens (tertiary/aromatic N) is 4. The van der Waals surface area contributed by atoms with Gasteiger partial charge in [0.15, 0.2) is 5.13 Å². The first kappa shape index (κ1) is 24.7. The minimum absolute atomic E-state index is 0.0460. The minimum Gasteiger partial charge on any atom is -0.492 e. The van der Waals surface area contributed by atoms with Gasteiger partial charge >= 0.3 is 0 Å². The molecule has 4 aromatic rings. The molecule has 0 radical (unpaired) electrons. The van der Waals surface area contributed by atoms with Gasteiger partial charge in [-0.05, 0) is 56.0 Å². The Morgan fingerprint density at radius 1 is 1.08 bits per heavy atom. The van der Waals surface area contributed by atoms with E-state index in [4.69, 9.17) is 9.72 Å². The number of hydrogen-bond acceptors (Lipinski definition) is 7. The Hall–Kier alpha value is -3.98. The van der Waals surface area contributed by atoms with E-state index in [0.717, 1.165) is 42.6 Å². The number of nitro groups is 1. The van der Waals surface area contributed by atoms with Gasteiger partial charge in [0.2, 0.25) is 0 Å². The monoisotopic (exact) mass is 516 g/mol. The average molecular weight is 517 g/mol. The highest BCUT2D eigenvalue weighted by Crippen LogP contribution is 2.37. The van der Waals surface area contributed by atoms with Crippen LogP contribution in [0.25, 0.3) is 10.2 Å². The lowest BCUT2D eigenvalue weighted by molar-refractivity contribution is -0.384. The Labute approximate surface area is 219 Å². The molecule has 0 spiro atoms. The number of para-hydroxylation sites is 1. The van der Waals surface area contributed by atoms with Crippen LogP contribution in [-0.4, -0.2) is 35.5 Å². The number of rotatable bonds is 8. The first-order chi connectivity index (χ1) is 18.0. The number of benzene rings is 3. The highest BCUT2D eigenvalue weighted by Gasteiger charge is 2.27. The number of ether oxygens (including phenoxy) is 1. The summed E-state index contributed by atoms with van der Waals surface area (Å²) in [5.41, 5.74) is 2.40. The van der Waals surface area contributed by atoms with Gasteiger partial charge in [0.1, 0.15) is 17.0 Å². The van der Waals surface area contributed by atoms with Crippen LogP contribution in [0.5, 0.6) is 5.75 Å². The van der Waals surface area contributed by atoms with Crippen LogP contribution in [-0.2, 0) is 6.54 Å². The van der Waals surface area contributed by atoms with Crippen LogP contribution in [0.1, 0.15) is 42.1 Å². The fourth-order valence-electron chi connectivity index (χ4n) is 4.65. The SMILES string of the molecule is CCOc1cccc2sc(N(Cc3ccccc3)C(=O)c3ccc(N4CCCCC4)c([N+](=O)[O-])c3)nc12. The molecule has 1 fully saturated rings. The summed E-state index contributed by atoms with van der Waals surface area (Å²) in [5, 5.41) is 12.5. The van der Waals surface area contributed by atoms with E-state index in [9.17, 15) is 14.9 Å². The Morgan fingerprint density at radius 2 is 1.86 bits per heavy atom. The predicted molar refractivity (Wildman–Crippen MR) is 147 cm³/mol. The number of hydrogen-bond donors (Lipinski definition) is 0. The number of carbonyl (C=O) groups excluding carboxylic acids is 1. The van der Waals surface area contributed by atoms with Crippen LogP contribution in [0.4, 0.5) is 16.5 Å². The molecule has 1 saturated heterocycles. The first-order valence-corrected chi connectivity index (χ1v) is 13.3. The predicted octanol–water partition coefficient (Wildman–Crippen LogP) is 6.44. The third kappa shape index (κ3) is 5.27. The highest BCUT2D eigenvalue weighted by atomic mass is 32.1. The number of fused-ring (bicyclic) bond motifs is 1. The number of carbonyl (C=O) groups is 1. The van der Waals surface area contributed by atoms with E-state index in [1.165, 1.54) is 17.4 Å². The second-order valence-corrected chi connectivity index (χ2v) is 9.93.